The molecular weight excluding hydrogens is 246 g/mol. The third-order valence-electron chi connectivity index (χ3n) is 3.07. The van der Waals surface area contributed by atoms with Crippen LogP contribution in [0.1, 0.15) is 32.8 Å². The van der Waals surface area contributed by atoms with E-state index in [0.29, 0.717) is 5.92 Å². The van der Waals surface area contributed by atoms with E-state index < -0.39 is 0 Å². The number of aromatic nitrogens is 2. The molecule has 0 aliphatic rings. The Kier molecular flexibility index (Phi) is 5.10. The van der Waals surface area contributed by atoms with Gasteiger partial charge in [0.2, 0.25) is 0 Å². The summed E-state index contributed by atoms with van der Waals surface area (Å²) >= 11 is 0. The largest absolute Gasteiger partial charge is 0.370 e. The topological polar surface area (TPSA) is 37.8 Å². The summed E-state index contributed by atoms with van der Waals surface area (Å²) in [6.07, 6.45) is 4.00. The quantitative estimate of drug-likeness (QED) is 0.855. The third-order valence-corrected chi connectivity index (χ3v) is 3.07. The Labute approximate surface area is 121 Å². The van der Waals surface area contributed by atoms with Crippen LogP contribution in [0.3, 0.4) is 0 Å². The average molecular weight is 269 g/mol. The Morgan fingerprint density at radius 1 is 1.10 bits per heavy atom. The molecule has 0 aliphatic carbocycles. The van der Waals surface area contributed by atoms with Gasteiger partial charge in [-0.15, -0.1) is 0 Å². The fourth-order valence-corrected chi connectivity index (χ4v) is 2.11. The summed E-state index contributed by atoms with van der Waals surface area (Å²) in [5, 5.41) is 3.29. The Hall–Kier alpha value is -1.90. The van der Waals surface area contributed by atoms with Crippen molar-refractivity contribution in [3.8, 4) is 11.4 Å². The maximum absolute atomic E-state index is 4.55. The van der Waals surface area contributed by atoms with Crippen LogP contribution in [0.2, 0.25) is 0 Å². The van der Waals surface area contributed by atoms with E-state index in [0.717, 1.165) is 36.6 Å². The molecule has 0 radical (unpaired) electrons. The van der Waals surface area contributed by atoms with E-state index in [9.17, 15) is 0 Å². The minimum Gasteiger partial charge on any atom is -0.370 e. The summed E-state index contributed by atoms with van der Waals surface area (Å²) in [7, 11) is 0. The van der Waals surface area contributed by atoms with Crippen molar-refractivity contribution in [2.75, 3.05) is 11.9 Å². The van der Waals surface area contributed by atoms with Crippen LogP contribution < -0.4 is 5.32 Å². The minimum atomic E-state index is 0.679. The predicted molar refractivity (Wildman–Crippen MR) is 84.8 cm³/mol. The van der Waals surface area contributed by atoms with Crippen LogP contribution in [-0.4, -0.2) is 16.5 Å². The molecule has 3 heteroatoms. The Balaban J connectivity index is 2.14. The second kappa shape index (κ2) is 7.04. The van der Waals surface area contributed by atoms with E-state index in [2.05, 4.69) is 60.3 Å². The van der Waals surface area contributed by atoms with Crippen molar-refractivity contribution in [1.82, 2.24) is 9.97 Å². The number of hydrogen-bond donors (Lipinski definition) is 1. The molecule has 0 saturated heterocycles. The van der Waals surface area contributed by atoms with Gasteiger partial charge in [-0.05, 0) is 30.4 Å². The van der Waals surface area contributed by atoms with Gasteiger partial charge in [-0.2, -0.15) is 0 Å². The summed E-state index contributed by atoms with van der Waals surface area (Å²) < 4.78 is 0. The molecule has 2 aromatic rings. The van der Waals surface area contributed by atoms with Gasteiger partial charge in [0.25, 0.3) is 0 Å². The molecule has 0 aliphatic heterocycles. The van der Waals surface area contributed by atoms with Crippen molar-refractivity contribution >= 4 is 5.82 Å². The zero-order valence-corrected chi connectivity index (χ0v) is 12.6. The van der Waals surface area contributed by atoms with Gasteiger partial charge in [0.1, 0.15) is 5.82 Å². The summed E-state index contributed by atoms with van der Waals surface area (Å²) in [6.45, 7) is 7.55. The van der Waals surface area contributed by atoms with Crippen LogP contribution in [0.15, 0.2) is 36.5 Å². The van der Waals surface area contributed by atoms with Crippen molar-refractivity contribution < 1.29 is 0 Å². The molecule has 0 fully saturated rings. The minimum absolute atomic E-state index is 0.679. The number of rotatable bonds is 6. The standard InChI is InChI=1S/C17H23N3/c1-4-10-18-16-9-11-19-17(20-16)15-7-5-14(6-8-15)12-13(2)3/h5-9,11,13H,4,10,12H2,1-3H3,(H,18,19,20). The Morgan fingerprint density at radius 2 is 1.85 bits per heavy atom. The van der Waals surface area contributed by atoms with Crippen LogP contribution in [0.4, 0.5) is 5.82 Å². The Morgan fingerprint density at radius 3 is 2.50 bits per heavy atom. The number of nitrogens with one attached hydrogen (secondary N) is 1. The number of hydrogen-bond acceptors (Lipinski definition) is 3. The van der Waals surface area contributed by atoms with E-state index in [-0.39, 0.29) is 0 Å². The van der Waals surface area contributed by atoms with Crippen LogP contribution in [0, 0.1) is 5.92 Å². The van der Waals surface area contributed by atoms with Crippen LogP contribution in [0.5, 0.6) is 0 Å². The first-order chi connectivity index (χ1) is 9.69. The third kappa shape index (κ3) is 4.05. The number of benzene rings is 1. The van der Waals surface area contributed by atoms with Crippen LogP contribution in [-0.2, 0) is 6.42 Å². The number of nitrogens with zero attached hydrogens (tertiary/aromatic N) is 2. The van der Waals surface area contributed by atoms with Crippen molar-refractivity contribution in [2.45, 2.75) is 33.6 Å². The van der Waals surface area contributed by atoms with E-state index in [4.69, 9.17) is 0 Å². The van der Waals surface area contributed by atoms with E-state index in [1.807, 2.05) is 12.3 Å². The van der Waals surface area contributed by atoms with Gasteiger partial charge < -0.3 is 5.32 Å². The fourth-order valence-electron chi connectivity index (χ4n) is 2.11. The molecule has 0 bridgehead atoms. The summed E-state index contributed by atoms with van der Waals surface area (Å²) in [6, 6.07) is 10.5. The highest BCUT2D eigenvalue weighted by atomic mass is 15.0. The highest BCUT2D eigenvalue weighted by Gasteiger charge is 2.03. The molecule has 1 N–H and O–H groups in total. The van der Waals surface area contributed by atoms with Gasteiger partial charge >= 0.3 is 0 Å². The maximum atomic E-state index is 4.55. The first-order valence-corrected chi connectivity index (χ1v) is 7.35. The SMILES string of the molecule is CCCNc1ccnc(-c2ccc(CC(C)C)cc2)n1. The molecular formula is C17H23N3. The summed E-state index contributed by atoms with van der Waals surface area (Å²) in [5.41, 5.74) is 2.43. The van der Waals surface area contributed by atoms with Gasteiger partial charge in [-0.3, -0.25) is 0 Å². The molecule has 20 heavy (non-hydrogen) atoms. The van der Waals surface area contributed by atoms with E-state index in [1.54, 1.807) is 0 Å². The average Bonchev–Trinajstić information content (AvgIpc) is 2.45. The smallest absolute Gasteiger partial charge is 0.161 e. The second-order valence-corrected chi connectivity index (χ2v) is 5.49. The van der Waals surface area contributed by atoms with Gasteiger partial charge in [0, 0.05) is 18.3 Å². The highest BCUT2D eigenvalue weighted by Crippen LogP contribution is 2.18. The lowest BCUT2D eigenvalue weighted by atomic mass is 10.0. The molecule has 0 unspecified atom stereocenters. The van der Waals surface area contributed by atoms with E-state index >= 15 is 0 Å². The molecule has 106 valence electrons. The fraction of sp³-hybridized carbons (Fsp3) is 0.412. The van der Waals surface area contributed by atoms with Crippen molar-refractivity contribution in [3.63, 3.8) is 0 Å². The first kappa shape index (κ1) is 14.5. The van der Waals surface area contributed by atoms with Gasteiger partial charge in [-0.1, -0.05) is 45.0 Å². The van der Waals surface area contributed by atoms with Gasteiger partial charge in [-0.25, -0.2) is 9.97 Å². The summed E-state index contributed by atoms with van der Waals surface area (Å²) in [4.78, 5) is 8.91. The lowest BCUT2D eigenvalue weighted by Crippen LogP contribution is -2.03. The second-order valence-electron chi connectivity index (χ2n) is 5.49. The maximum Gasteiger partial charge on any atom is 0.161 e. The molecule has 1 aromatic heterocycles. The molecule has 0 saturated carbocycles. The van der Waals surface area contributed by atoms with Crippen molar-refractivity contribution in [2.24, 2.45) is 5.92 Å². The van der Waals surface area contributed by atoms with Crippen molar-refractivity contribution in [1.29, 1.82) is 0 Å². The van der Waals surface area contributed by atoms with Gasteiger partial charge in [0.05, 0.1) is 0 Å². The molecule has 1 aromatic carbocycles. The zero-order chi connectivity index (χ0) is 14.4. The van der Waals surface area contributed by atoms with Crippen LogP contribution in [0.25, 0.3) is 11.4 Å². The number of anilines is 1. The highest BCUT2D eigenvalue weighted by molar-refractivity contribution is 5.57. The monoisotopic (exact) mass is 269 g/mol. The summed E-state index contributed by atoms with van der Waals surface area (Å²) in [5.74, 6) is 2.35. The van der Waals surface area contributed by atoms with Crippen LogP contribution >= 0.6 is 0 Å². The molecule has 0 atom stereocenters. The molecule has 3 nitrogen and oxygen atoms in total. The predicted octanol–water partition coefficient (Wildman–Crippen LogP) is 4.16. The molecule has 2 rings (SSSR count). The van der Waals surface area contributed by atoms with Crippen molar-refractivity contribution in [3.05, 3.63) is 42.1 Å². The van der Waals surface area contributed by atoms with E-state index in [1.165, 1.54) is 5.56 Å². The zero-order valence-electron chi connectivity index (χ0n) is 12.6. The van der Waals surface area contributed by atoms with Gasteiger partial charge in [0.15, 0.2) is 5.82 Å². The molecule has 0 amide bonds. The molecule has 0 spiro atoms. The lowest BCUT2D eigenvalue weighted by molar-refractivity contribution is 0.647. The normalized spacial score (nSPS) is 10.8. The molecule has 1 heterocycles. The Bertz CT molecular complexity index is 532. The first-order valence-electron chi connectivity index (χ1n) is 7.35. The lowest BCUT2D eigenvalue weighted by Gasteiger charge is -2.07.